The van der Waals surface area contributed by atoms with E-state index in [1.165, 1.54) is 19.1 Å². The quantitative estimate of drug-likeness (QED) is 0.833. The average molecular weight is 357 g/mol. The Balaban J connectivity index is 2.19. The van der Waals surface area contributed by atoms with Gasteiger partial charge in [0.25, 0.3) is 5.91 Å². The lowest BCUT2D eigenvalue weighted by Crippen LogP contribution is -2.41. The van der Waals surface area contributed by atoms with Gasteiger partial charge in [-0.15, -0.1) is 0 Å². The first-order valence-electron chi connectivity index (χ1n) is 7.66. The minimum absolute atomic E-state index is 0.102. The van der Waals surface area contributed by atoms with Crippen LogP contribution in [0.2, 0.25) is 0 Å². The van der Waals surface area contributed by atoms with Gasteiger partial charge in [-0.3, -0.25) is 4.79 Å². The molecular formula is C17H18F3NO4. The standard InChI is InChI=1S/C17H18F3NO4/c1-9(2)13-7-15(22)25-14-6-11(4-5-12(13)14)24-10(3)16(23)21-8-17(18,19)20/h4-7,9-10H,8H2,1-3H3,(H,21,23)/t10-/m1/s1. The highest BCUT2D eigenvalue weighted by Gasteiger charge is 2.29. The fraction of sp³-hybridized carbons (Fsp3) is 0.412. The summed E-state index contributed by atoms with van der Waals surface area (Å²) >= 11 is 0. The third kappa shape index (κ3) is 4.98. The van der Waals surface area contributed by atoms with Crippen molar-refractivity contribution in [2.45, 2.75) is 39.0 Å². The number of nitrogens with one attached hydrogen (secondary N) is 1. The van der Waals surface area contributed by atoms with Gasteiger partial charge in [0.15, 0.2) is 6.10 Å². The summed E-state index contributed by atoms with van der Waals surface area (Å²) < 4.78 is 46.9. The molecule has 0 saturated carbocycles. The molecule has 0 unspecified atom stereocenters. The summed E-state index contributed by atoms with van der Waals surface area (Å²) in [4.78, 5) is 23.3. The molecule has 8 heteroatoms. The Bertz CT molecular complexity index is 827. The molecule has 1 N–H and O–H groups in total. The molecule has 1 aromatic heterocycles. The van der Waals surface area contributed by atoms with Crippen molar-refractivity contribution in [1.29, 1.82) is 0 Å². The zero-order valence-electron chi connectivity index (χ0n) is 13.9. The molecule has 25 heavy (non-hydrogen) atoms. The number of halogens is 3. The average Bonchev–Trinajstić information content (AvgIpc) is 2.50. The van der Waals surface area contributed by atoms with Gasteiger partial charge in [-0.1, -0.05) is 13.8 Å². The van der Waals surface area contributed by atoms with Crippen LogP contribution in [-0.2, 0) is 4.79 Å². The van der Waals surface area contributed by atoms with Crippen LogP contribution in [-0.4, -0.2) is 24.7 Å². The lowest BCUT2D eigenvalue weighted by atomic mass is 10.00. The summed E-state index contributed by atoms with van der Waals surface area (Å²) in [7, 11) is 0. The molecule has 1 heterocycles. The summed E-state index contributed by atoms with van der Waals surface area (Å²) in [6.45, 7) is 3.78. The first kappa shape index (κ1) is 18.8. The van der Waals surface area contributed by atoms with Crippen LogP contribution in [0.3, 0.4) is 0 Å². The van der Waals surface area contributed by atoms with Crippen molar-refractivity contribution in [2.24, 2.45) is 0 Å². The smallest absolute Gasteiger partial charge is 0.405 e. The SMILES string of the molecule is CC(C)c1cc(=O)oc2cc(O[C@H](C)C(=O)NCC(F)(F)F)ccc12. The predicted molar refractivity (Wildman–Crippen MR) is 85.7 cm³/mol. The molecule has 1 atom stereocenters. The van der Waals surface area contributed by atoms with Gasteiger partial charge in [0.1, 0.15) is 17.9 Å². The molecule has 0 bridgehead atoms. The van der Waals surface area contributed by atoms with Gasteiger partial charge in [0, 0.05) is 17.5 Å². The van der Waals surface area contributed by atoms with E-state index in [0.717, 1.165) is 10.9 Å². The second-order valence-corrected chi connectivity index (χ2v) is 5.93. The van der Waals surface area contributed by atoms with Crippen molar-refractivity contribution in [3.63, 3.8) is 0 Å². The van der Waals surface area contributed by atoms with Gasteiger partial charge < -0.3 is 14.5 Å². The molecule has 0 saturated heterocycles. The van der Waals surface area contributed by atoms with E-state index in [1.54, 1.807) is 17.4 Å². The van der Waals surface area contributed by atoms with Gasteiger partial charge in [0.2, 0.25) is 0 Å². The highest BCUT2D eigenvalue weighted by Crippen LogP contribution is 2.27. The van der Waals surface area contributed by atoms with E-state index in [-0.39, 0.29) is 17.3 Å². The lowest BCUT2D eigenvalue weighted by Gasteiger charge is -2.16. The number of alkyl halides is 3. The maximum atomic E-state index is 12.1. The molecule has 136 valence electrons. The van der Waals surface area contributed by atoms with Gasteiger partial charge in [-0.05, 0) is 30.5 Å². The Morgan fingerprint density at radius 2 is 1.92 bits per heavy atom. The molecule has 0 aliphatic rings. The van der Waals surface area contributed by atoms with Gasteiger partial charge >= 0.3 is 11.8 Å². The largest absolute Gasteiger partial charge is 0.481 e. The predicted octanol–water partition coefficient (Wildman–Crippen LogP) is 3.36. The second kappa shape index (κ2) is 7.16. The highest BCUT2D eigenvalue weighted by atomic mass is 19.4. The number of hydrogen-bond donors (Lipinski definition) is 1. The zero-order chi connectivity index (χ0) is 18.8. The first-order valence-corrected chi connectivity index (χ1v) is 7.66. The van der Waals surface area contributed by atoms with Gasteiger partial charge in [-0.2, -0.15) is 13.2 Å². The summed E-state index contributed by atoms with van der Waals surface area (Å²) in [5.74, 6) is -0.577. The van der Waals surface area contributed by atoms with Crippen molar-refractivity contribution >= 4 is 16.9 Å². The van der Waals surface area contributed by atoms with E-state index >= 15 is 0 Å². The first-order chi connectivity index (χ1) is 11.6. The molecule has 0 spiro atoms. The number of hydrogen-bond acceptors (Lipinski definition) is 4. The van der Waals surface area contributed by atoms with Crippen LogP contribution in [0.5, 0.6) is 5.75 Å². The van der Waals surface area contributed by atoms with Crippen molar-refractivity contribution in [3.05, 3.63) is 40.2 Å². The lowest BCUT2D eigenvalue weighted by molar-refractivity contribution is -0.142. The normalized spacial score (nSPS) is 13.1. The molecule has 0 aliphatic carbocycles. The molecular weight excluding hydrogens is 339 g/mol. The Hall–Kier alpha value is -2.51. The van der Waals surface area contributed by atoms with Gasteiger partial charge in [0.05, 0.1) is 0 Å². The number of benzene rings is 1. The minimum atomic E-state index is -4.49. The third-order valence-corrected chi connectivity index (χ3v) is 3.52. The number of carbonyl (C=O) groups excluding carboxylic acids is 1. The van der Waals surface area contributed by atoms with Crippen LogP contribution >= 0.6 is 0 Å². The molecule has 2 rings (SSSR count). The second-order valence-electron chi connectivity index (χ2n) is 5.93. The topological polar surface area (TPSA) is 68.5 Å². The summed E-state index contributed by atoms with van der Waals surface area (Å²) in [5, 5.41) is 2.48. The minimum Gasteiger partial charge on any atom is -0.481 e. The Morgan fingerprint density at radius 3 is 2.52 bits per heavy atom. The van der Waals surface area contributed by atoms with E-state index in [9.17, 15) is 22.8 Å². The number of carbonyl (C=O) groups is 1. The fourth-order valence-electron chi connectivity index (χ4n) is 2.31. The van der Waals surface area contributed by atoms with Crippen molar-refractivity contribution in [1.82, 2.24) is 5.32 Å². The third-order valence-electron chi connectivity index (χ3n) is 3.52. The number of fused-ring (bicyclic) bond motifs is 1. The molecule has 0 radical (unpaired) electrons. The van der Waals surface area contributed by atoms with E-state index in [1.807, 2.05) is 13.8 Å². The summed E-state index contributed by atoms with van der Waals surface area (Å²) in [5.41, 5.74) is 0.592. The van der Waals surface area contributed by atoms with Crippen LogP contribution in [0, 0.1) is 0 Å². The van der Waals surface area contributed by atoms with Crippen LogP contribution in [0.4, 0.5) is 13.2 Å². The number of ether oxygens (including phenoxy) is 1. The Labute approximate surface area is 141 Å². The van der Waals surface area contributed by atoms with E-state index < -0.39 is 30.4 Å². The van der Waals surface area contributed by atoms with Crippen LogP contribution in [0.15, 0.2) is 33.5 Å². The number of rotatable bonds is 5. The summed E-state index contributed by atoms with van der Waals surface area (Å²) in [6, 6.07) is 6.11. The maximum Gasteiger partial charge on any atom is 0.405 e. The Morgan fingerprint density at radius 1 is 1.24 bits per heavy atom. The number of amides is 1. The maximum absolute atomic E-state index is 12.1. The molecule has 1 amide bonds. The molecule has 2 aromatic rings. The highest BCUT2D eigenvalue weighted by molar-refractivity contribution is 5.83. The molecule has 0 fully saturated rings. The van der Waals surface area contributed by atoms with Crippen LogP contribution in [0.1, 0.15) is 32.3 Å². The van der Waals surface area contributed by atoms with E-state index in [0.29, 0.717) is 0 Å². The van der Waals surface area contributed by atoms with E-state index in [2.05, 4.69) is 0 Å². The van der Waals surface area contributed by atoms with Crippen LogP contribution < -0.4 is 15.7 Å². The van der Waals surface area contributed by atoms with Crippen molar-refractivity contribution < 1.29 is 27.1 Å². The van der Waals surface area contributed by atoms with E-state index in [4.69, 9.17) is 9.15 Å². The van der Waals surface area contributed by atoms with Crippen LogP contribution in [0.25, 0.3) is 11.0 Å². The van der Waals surface area contributed by atoms with Gasteiger partial charge in [-0.25, -0.2) is 4.79 Å². The fourth-order valence-corrected chi connectivity index (χ4v) is 2.31. The Kier molecular flexibility index (Phi) is 5.39. The molecule has 1 aromatic carbocycles. The molecule has 5 nitrogen and oxygen atoms in total. The zero-order valence-corrected chi connectivity index (χ0v) is 13.9. The van der Waals surface area contributed by atoms with Crippen molar-refractivity contribution in [3.8, 4) is 5.75 Å². The molecule has 0 aliphatic heterocycles. The monoisotopic (exact) mass is 357 g/mol. The summed E-state index contributed by atoms with van der Waals surface area (Å²) in [6.07, 6.45) is -5.63. The van der Waals surface area contributed by atoms with Crippen molar-refractivity contribution in [2.75, 3.05) is 6.54 Å².